The van der Waals surface area contributed by atoms with Crippen molar-refractivity contribution in [2.24, 2.45) is 5.92 Å². The first-order valence-electron chi connectivity index (χ1n) is 12.0. The zero-order valence-electron chi connectivity index (χ0n) is 21.6. The molecule has 0 atom stereocenters. The van der Waals surface area contributed by atoms with Crippen LogP contribution < -0.4 is 14.8 Å². The Hall–Kier alpha value is -3.82. The Bertz CT molecular complexity index is 1400. The van der Waals surface area contributed by atoms with Gasteiger partial charge in [0.1, 0.15) is 6.54 Å². The van der Waals surface area contributed by atoms with E-state index in [0.717, 1.165) is 5.56 Å². The summed E-state index contributed by atoms with van der Waals surface area (Å²) in [5.74, 6) is 1.08. The molecule has 10 heteroatoms. The van der Waals surface area contributed by atoms with Gasteiger partial charge in [0, 0.05) is 29.4 Å². The molecule has 198 valence electrons. The largest absolute Gasteiger partial charge is 0.493 e. The van der Waals surface area contributed by atoms with E-state index in [2.05, 4.69) is 5.32 Å². The van der Waals surface area contributed by atoms with Gasteiger partial charge in [0.05, 0.1) is 30.5 Å². The van der Waals surface area contributed by atoms with Crippen molar-refractivity contribution >= 4 is 40.7 Å². The van der Waals surface area contributed by atoms with Gasteiger partial charge in [0.15, 0.2) is 11.5 Å². The van der Waals surface area contributed by atoms with Crippen LogP contribution in [0.1, 0.15) is 23.5 Å². The molecule has 0 fully saturated rings. The van der Waals surface area contributed by atoms with Crippen molar-refractivity contribution in [1.82, 2.24) is 14.5 Å². The summed E-state index contributed by atoms with van der Waals surface area (Å²) in [7, 11) is 3.13. The Labute approximate surface area is 230 Å². The van der Waals surface area contributed by atoms with Crippen molar-refractivity contribution in [1.29, 1.82) is 0 Å². The van der Waals surface area contributed by atoms with E-state index in [4.69, 9.17) is 26.1 Å². The van der Waals surface area contributed by atoms with Gasteiger partial charge in [-0.3, -0.25) is 19.5 Å². The normalized spacial score (nSPS) is 10.9. The molecule has 4 aromatic rings. The van der Waals surface area contributed by atoms with Crippen LogP contribution in [0.25, 0.3) is 16.9 Å². The lowest BCUT2D eigenvalue weighted by Crippen LogP contribution is -2.40. The van der Waals surface area contributed by atoms with Gasteiger partial charge in [-0.2, -0.15) is 0 Å². The number of hydrogen-bond donors (Lipinski definition) is 1. The Morgan fingerprint density at radius 2 is 1.82 bits per heavy atom. The monoisotopic (exact) mass is 552 g/mol. The zero-order valence-corrected chi connectivity index (χ0v) is 23.2. The van der Waals surface area contributed by atoms with E-state index in [1.807, 2.05) is 49.7 Å². The highest BCUT2D eigenvalue weighted by Gasteiger charge is 2.22. The smallest absolute Gasteiger partial charge is 0.264 e. The lowest BCUT2D eigenvalue weighted by atomic mass is 10.2. The molecule has 8 nitrogen and oxygen atoms in total. The molecule has 0 saturated heterocycles. The second-order valence-electron chi connectivity index (χ2n) is 8.97. The number of benzene rings is 2. The zero-order chi connectivity index (χ0) is 27.2. The van der Waals surface area contributed by atoms with Crippen molar-refractivity contribution in [3.05, 3.63) is 76.1 Å². The maximum Gasteiger partial charge on any atom is 0.264 e. The number of ether oxygens (including phenoxy) is 2. The predicted molar refractivity (Wildman–Crippen MR) is 151 cm³/mol. The SMILES string of the molecule is COc1ccc(-n2cc(-c3ccc(Cl)cc3)nc2NC(=O)CN(CC(C)C)C(=O)c2cccs2)cc1OC. The summed E-state index contributed by atoms with van der Waals surface area (Å²) in [5, 5.41) is 5.36. The summed E-state index contributed by atoms with van der Waals surface area (Å²) in [5.41, 5.74) is 2.18. The quantitative estimate of drug-likeness (QED) is 0.260. The van der Waals surface area contributed by atoms with Gasteiger partial charge in [-0.25, -0.2) is 4.98 Å². The van der Waals surface area contributed by atoms with E-state index in [1.165, 1.54) is 11.3 Å². The molecule has 1 N–H and O–H groups in total. The molecule has 0 bridgehead atoms. The van der Waals surface area contributed by atoms with Gasteiger partial charge in [-0.05, 0) is 41.6 Å². The minimum Gasteiger partial charge on any atom is -0.493 e. The van der Waals surface area contributed by atoms with Gasteiger partial charge in [0.2, 0.25) is 11.9 Å². The molecule has 2 aromatic carbocycles. The number of hydrogen-bond acceptors (Lipinski definition) is 6. The fraction of sp³-hybridized carbons (Fsp3) is 0.250. The summed E-state index contributed by atoms with van der Waals surface area (Å²) in [6.45, 7) is 4.36. The molecular formula is C28H29ClN4O4S. The Balaban J connectivity index is 1.67. The molecule has 0 aliphatic heterocycles. The summed E-state index contributed by atoms with van der Waals surface area (Å²) in [4.78, 5) is 33.2. The van der Waals surface area contributed by atoms with E-state index >= 15 is 0 Å². The van der Waals surface area contributed by atoms with Crippen molar-refractivity contribution in [2.45, 2.75) is 13.8 Å². The van der Waals surface area contributed by atoms with Crippen LogP contribution in [-0.4, -0.2) is 53.6 Å². The standard InChI is InChI=1S/C28H29ClN4O4S/c1-18(2)15-32(27(35)25-6-5-13-38-25)17-26(34)31-28-30-22(19-7-9-20(29)10-8-19)16-33(28)21-11-12-23(36-3)24(14-21)37-4/h5-14,16,18H,15,17H2,1-4H3,(H,30,31,34). The molecule has 0 aliphatic carbocycles. The van der Waals surface area contributed by atoms with Crippen LogP contribution in [0, 0.1) is 5.92 Å². The Morgan fingerprint density at radius 1 is 1.08 bits per heavy atom. The highest BCUT2D eigenvalue weighted by Crippen LogP contribution is 2.32. The van der Waals surface area contributed by atoms with Crippen LogP contribution in [0.3, 0.4) is 0 Å². The minimum atomic E-state index is -0.356. The molecule has 2 aromatic heterocycles. The highest BCUT2D eigenvalue weighted by atomic mass is 35.5. The summed E-state index contributed by atoms with van der Waals surface area (Å²) in [6, 6.07) is 16.3. The fourth-order valence-corrected chi connectivity index (χ4v) is 4.77. The van der Waals surface area contributed by atoms with Gasteiger partial charge in [-0.1, -0.05) is 43.6 Å². The second kappa shape index (κ2) is 12.1. The number of nitrogens with zero attached hydrogens (tertiary/aromatic N) is 3. The molecule has 0 spiro atoms. The first-order chi connectivity index (χ1) is 18.3. The Kier molecular flexibility index (Phi) is 8.70. The van der Waals surface area contributed by atoms with Crippen molar-refractivity contribution in [3.63, 3.8) is 0 Å². The number of halogens is 1. The average Bonchev–Trinajstić information content (AvgIpc) is 3.58. The molecule has 4 rings (SSSR count). The maximum atomic E-state index is 13.3. The fourth-order valence-electron chi connectivity index (χ4n) is 3.95. The van der Waals surface area contributed by atoms with Crippen LogP contribution in [0.5, 0.6) is 11.5 Å². The topological polar surface area (TPSA) is 85.7 Å². The number of imidazole rings is 1. The third-order valence-corrected chi connectivity index (χ3v) is 6.79. The number of rotatable bonds is 10. The van der Waals surface area contributed by atoms with Gasteiger partial charge < -0.3 is 14.4 Å². The second-order valence-corrected chi connectivity index (χ2v) is 10.4. The van der Waals surface area contributed by atoms with E-state index in [9.17, 15) is 9.59 Å². The lowest BCUT2D eigenvalue weighted by Gasteiger charge is -2.23. The molecule has 0 aliphatic rings. The number of aromatic nitrogens is 2. The summed E-state index contributed by atoms with van der Waals surface area (Å²) in [6.07, 6.45) is 1.82. The van der Waals surface area contributed by atoms with Crippen molar-refractivity contribution in [2.75, 3.05) is 32.6 Å². The number of nitrogens with one attached hydrogen (secondary N) is 1. The molecule has 0 radical (unpaired) electrons. The van der Waals surface area contributed by atoms with Crippen LogP contribution in [0.15, 0.2) is 66.2 Å². The number of carbonyl (C=O) groups is 2. The van der Waals surface area contributed by atoms with Crippen LogP contribution in [-0.2, 0) is 4.79 Å². The van der Waals surface area contributed by atoms with Gasteiger partial charge in [-0.15, -0.1) is 11.3 Å². The number of anilines is 1. The van der Waals surface area contributed by atoms with Crippen LogP contribution in [0.2, 0.25) is 5.02 Å². The lowest BCUT2D eigenvalue weighted by molar-refractivity contribution is -0.117. The number of methoxy groups -OCH3 is 2. The average molecular weight is 553 g/mol. The third-order valence-electron chi connectivity index (χ3n) is 5.68. The first kappa shape index (κ1) is 27.2. The van der Waals surface area contributed by atoms with Crippen molar-refractivity contribution < 1.29 is 19.1 Å². The van der Waals surface area contributed by atoms with Gasteiger partial charge >= 0.3 is 0 Å². The van der Waals surface area contributed by atoms with E-state index in [1.54, 1.807) is 54.0 Å². The van der Waals surface area contributed by atoms with Gasteiger partial charge in [0.25, 0.3) is 5.91 Å². The summed E-state index contributed by atoms with van der Waals surface area (Å²) >= 11 is 7.42. The van der Waals surface area contributed by atoms with E-state index < -0.39 is 0 Å². The predicted octanol–water partition coefficient (Wildman–Crippen LogP) is 6.01. The molecule has 2 amide bonds. The number of amides is 2. The minimum absolute atomic E-state index is 0.107. The third kappa shape index (κ3) is 6.35. The molecule has 2 heterocycles. The molecule has 0 saturated carbocycles. The highest BCUT2D eigenvalue weighted by molar-refractivity contribution is 7.12. The van der Waals surface area contributed by atoms with E-state index in [0.29, 0.717) is 45.3 Å². The van der Waals surface area contributed by atoms with E-state index in [-0.39, 0.29) is 24.3 Å². The molecule has 0 unspecified atom stereocenters. The number of thiophene rings is 1. The van der Waals surface area contributed by atoms with Crippen molar-refractivity contribution in [3.8, 4) is 28.4 Å². The summed E-state index contributed by atoms with van der Waals surface area (Å²) < 4.78 is 12.6. The Morgan fingerprint density at radius 3 is 2.45 bits per heavy atom. The molecular weight excluding hydrogens is 524 g/mol. The molecule has 38 heavy (non-hydrogen) atoms. The number of carbonyl (C=O) groups excluding carboxylic acids is 2. The van der Waals surface area contributed by atoms with Crippen LogP contribution in [0.4, 0.5) is 5.95 Å². The maximum absolute atomic E-state index is 13.3. The first-order valence-corrected chi connectivity index (χ1v) is 13.2. The van der Waals surface area contributed by atoms with Crippen LogP contribution >= 0.6 is 22.9 Å².